The van der Waals surface area contributed by atoms with E-state index < -0.39 is 37.4 Å². The topological polar surface area (TPSA) is 99.0 Å². The van der Waals surface area contributed by atoms with Crippen LogP contribution in [0.2, 0.25) is 0 Å². The standard InChI is InChI=1S/C14H21NO5/c1-2-12(20-11-6-4-3-5-7-11)13(19)15-14(8-16,9-17)10-18/h3-7,12,16-18H,2,8-10H2,1H3,(H,15,19). The van der Waals surface area contributed by atoms with Crippen molar-refractivity contribution < 1.29 is 24.9 Å². The predicted octanol–water partition coefficient (Wildman–Crippen LogP) is -0.324. The summed E-state index contributed by atoms with van der Waals surface area (Å²) in [4.78, 5) is 12.1. The van der Waals surface area contributed by atoms with Gasteiger partial charge in [-0.15, -0.1) is 0 Å². The lowest BCUT2D eigenvalue weighted by Crippen LogP contribution is -2.59. The van der Waals surface area contributed by atoms with Crippen LogP contribution in [0.25, 0.3) is 0 Å². The minimum absolute atomic E-state index is 0.416. The molecule has 20 heavy (non-hydrogen) atoms. The maximum Gasteiger partial charge on any atom is 0.261 e. The molecule has 112 valence electrons. The van der Waals surface area contributed by atoms with Crippen LogP contribution in [0.15, 0.2) is 30.3 Å². The normalized spacial score (nSPS) is 12.8. The van der Waals surface area contributed by atoms with Crippen molar-refractivity contribution in [2.24, 2.45) is 0 Å². The second-order valence-corrected chi connectivity index (χ2v) is 4.57. The third-order valence-corrected chi connectivity index (χ3v) is 2.98. The van der Waals surface area contributed by atoms with Crippen LogP contribution < -0.4 is 10.1 Å². The molecule has 0 spiro atoms. The van der Waals surface area contributed by atoms with Gasteiger partial charge in [0.25, 0.3) is 5.91 Å². The zero-order chi connectivity index (χ0) is 15.0. The summed E-state index contributed by atoms with van der Waals surface area (Å²) in [7, 11) is 0. The number of aliphatic hydroxyl groups is 3. The minimum atomic E-state index is -1.44. The van der Waals surface area contributed by atoms with Crippen molar-refractivity contribution >= 4 is 5.91 Å². The molecule has 0 saturated carbocycles. The summed E-state index contributed by atoms with van der Waals surface area (Å²) in [6.07, 6.45) is -0.347. The summed E-state index contributed by atoms with van der Waals surface area (Å²) < 4.78 is 5.55. The molecular formula is C14H21NO5. The van der Waals surface area contributed by atoms with Gasteiger partial charge in [-0.05, 0) is 18.6 Å². The first-order chi connectivity index (χ1) is 9.60. The molecule has 0 heterocycles. The van der Waals surface area contributed by atoms with Gasteiger partial charge in [0, 0.05) is 0 Å². The van der Waals surface area contributed by atoms with Gasteiger partial charge < -0.3 is 25.4 Å². The maximum absolute atomic E-state index is 12.1. The van der Waals surface area contributed by atoms with Crippen LogP contribution in [0.4, 0.5) is 0 Å². The molecule has 6 nitrogen and oxygen atoms in total. The molecule has 0 aliphatic heterocycles. The number of benzene rings is 1. The summed E-state index contributed by atoms with van der Waals surface area (Å²) in [5, 5.41) is 30.0. The fraction of sp³-hybridized carbons (Fsp3) is 0.500. The number of nitrogens with one attached hydrogen (secondary N) is 1. The monoisotopic (exact) mass is 283 g/mol. The fourth-order valence-corrected chi connectivity index (χ4v) is 1.60. The molecule has 0 aliphatic rings. The maximum atomic E-state index is 12.1. The van der Waals surface area contributed by atoms with Crippen molar-refractivity contribution in [1.82, 2.24) is 5.32 Å². The quantitative estimate of drug-likeness (QED) is 0.524. The number of hydrogen-bond acceptors (Lipinski definition) is 5. The molecule has 1 atom stereocenters. The van der Waals surface area contributed by atoms with E-state index in [9.17, 15) is 20.1 Å². The Bertz CT molecular complexity index is 397. The van der Waals surface area contributed by atoms with Crippen molar-refractivity contribution in [3.05, 3.63) is 30.3 Å². The number of ether oxygens (including phenoxy) is 1. The van der Waals surface area contributed by atoms with E-state index in [2.05, 4.69) is 5.32 Å². The lowest BCUT2D eigenvalue weighted by molar-refractivity contribution is -0.132. The van der Waals surface area contributed by atoms with Crippen LogP contribution in [0.1, 0.15) is 13.3 Å². The van der Waals surface area contributed by atoms with E-state index in [1.165, 1.54) is 0 Å². The van der Waals surface area contributed by atoms with E-state index in [4.69, 9.17) is 4.74 Å². The average molecular weight is 283 g/mol. The van der Waals surface area contributed by atoms with Gasteiger partial charge in [-0.2, -0.15) is 0 Å². The van der Waals surface area contributed by atoms with Gasteiger partial charge in [0.2, 0.25) is 0 Å². The van der Waals surface area contributed by atoms with E-state index in [0.29, 0.717) is 12.2 Å². The van der Waals surface area contributed by atoms with E-state index in [0.717, 1.165) is 0 Å². The Morgan fingerprint density at radius 2 is 1.75 bits per heavy atom. The predicted molar refractivity (Wildman–Crippen MR) is 73.3 cm³/mol. The second kappa shape index (κ2) is 7.84. The average Bonchev–Trinajstić information content (AvgIpc) is 2.51. The van der Waals surface area contributed by atoms with Gasteiger partial charge in [-0.25, -0.2) is 0 Å². The minimum Gasteiger partial charge on any atom is -0.481 e. The van der Waals surface area contributed by atoms with Gasteiger partial charge in [-0.1, -0.05) is 25.1 Å². The zero-order valence-electron chi connectivity index (χ0n) is 11.5. The highest BCUT2D eigenvalue weighted by atomic mass is 16.5. The third kappa shape index (κ3) is 4.19. The Kier molecular flexibility index (Phi) is 6.44. The Balaban J connectivity index is 2.72. The Morgan fingerprint density at radius 3 is 2.20 bits per heavy atom. The number of amides is 1. The molecule has 0 saturated heterocycles. The molecule has 0 aliphatic carbocycles. The highest BCUT2D eigenvalue weighted by Gasteiger charge is 2.32. The molecule has 0 radical (unpaired) electrons. The van der Waals surface area contributed by atoms with Gasteiger partial charge in [0.15, 0.2) is 6.10 Å². The number of carbonyl (C=O) groups excluding carboxylic acids is 1. The highest BCUT2D eigenvalue weighted by Crippen LogP contribution is 2.13. The summed E-state index contributed by atoms with van der Waals surface area (Å²) in [5.74, 6) is 0.0607. The molecule has 1 unspecified atom stereocenters. The van der Waals surface area contributed by atoms with Crippen LogP contribution >= 0.6 is 0 Å². The zero-order valence-corrected chi connectivity index (χ0v) is 11.5. The Labute approximate surface area is 118 Å². The molecule has 4 N–H and O–H groups in total. The van der Waals surface area contributed by atoms with Crippen LogP contribution in [0, 0.1) is 0 Å². The number of para-hydroxylation sites is 1. The third-order valence-electron chi connectivity index (χ3n) is 2.98. The Hall–Kier alpha value is -1.63. The lowest BCUT2D eigenvalue weighted by atomic mass is 10.0. The Morgan fingerprint density at radius 1 is 1.20 bits per heavy atom. The van der Waals surface area contributed by atoms with Crippen molar-refractivity contribution in [3.63, 3.8) is 0 Å². The van der Waals surface area contributed by atoms with E-state index in [1.54, 1.807) is 31.2 Å². The molecule has 0 fully saturated rings. The summed E-state index contributed by atoms with van der Waals surface area (Å²) in [6, 6.07) is 8.88. The second-order valence-electron chi connectivity index (χ2n) is 4.57. The summed E-state index contributed by atoms with van der Waals surface area (Å²) in [5.41, 5.74) is -1.44. The van der Waals surface area contributed by atoms with Crippen LogP contribution in [-0.2, 0) is 4.79 Å². The molecule has 1 aromatic rings. The molecule has 0 bridgehead atoms. The van der Waals surface area contributed by atoms with E-state index >= 15 is 0 Å². The number of aliphatic hydroxyl groups excluding tert-OH is 3. The molecule has 0 aromatic heterocycles. The van der Waals surface area contributed by atoms with E-state index in [-0.39, 0.29) is 0 Å². The van der Waals surface area contributed by atoms with Crippen molar-refractivity contribution in [2.45, 2.75) is 25.0 Å². The van der Waals surface area contributed by atoms with Crippen molar-refractivity contribution in [3.8, 4) is 5.75 Å². The van der Waals surface area contributed by atoms with Gasteiger partial charge in [0.05, 0.1) is 19.8 Å². The summed E-state index contributed by atoms with van der Waals surface area (Å²) >= 11 is 0. The van der Waals surface area contributed by atoms with Gasteiger partial charge >= 0.3 is 0 Å². The first-order valence-corrected chi connectivity index (χ1v) is 6.47. The SMILES string of the molecule is CCC(Oc1ccccc1)C(=O)NC(CO)(CO)CO. The highest BCUT2D eigenvalue weighted by molar-refractivity contribution is 5.81. The van der Waals surface area contributed by atoms with Crippen molar-refractivity contribution in [1.29, 1.82) is 0 Å². The van der Waals surface area contributed by atoms with E-state index in [1.807, 2.05) is 6.07 Å². The first-order valence-electron chi connectivity index (χ1n) is 6.47. The molecular weight excluding hydrogens is 262 g/mol. The van der Waals surface area contributed by atoms with Crippen LogP contribution in [0.5, 0.6) is 5.75 Å². The van der Waals surface area contributed by atoms with Crippen molar-refractivity contribution in [2.75, 3.05) is 19.8 Å². The van der Waals surface area contributed by atoms with Gasteiger partial charge in [0.1, 0.15) is 11.3 Å². The number of carbonyl (C=O) groups is 1. The smallest absolute Gasteiger partial charge is 0.261 e. The van der Waals surface area contributed by atoms with Crippen LogP contribution in [0.3, 0.4) is 0 Å². The van der Waals surface area contributed by atoms with Gasteiger partial charge in [-0.3, -0.25) is 4.79 Å². The summed E-state index contributed by atoms with van der Waals surface area (Å²) in [6.45, 7) is 0.0975. The van der Waals surface area contributed by atoms with Crippen LogP contribution in [-0.4, -0.2) is 52.7 Å². The molecule has 1 aromatic carbocycles. The molecule has 1 rings (SSSR count). The molecule has 1 amide bonds. The first kappa shape index (κ1) is 16.4. The fourth-order valence-electron chi connectivity index (χ4n) is 1.60. The lowest BCUT2D eigenvalue weighted by Gasteiger charge is -2.30. The molecule has 6 heteroatoms. The number of hydrogen-bond donors (Lipinski definition) is 4. The largest absolute Gasteiger partial charge is 0.481 e. The number of rotatable bonds is 8.